The van der Waals surface area contributed by atoms with Crippen molar-refractivity contribution in [3.63, 3.8) is 0 Å². The van der Waals surface area contributed by atoms with E-state index in [4.69, 9.17) is 0 Å². The second-order valence-corrected chi connectivity index (χ2v) is 8.40. The minimum atomic E-state index is -0.392. The van der Waals surface area contributed by atoms with E-state index in [0.29, 0.717) is 10.8 Å². The van der Waals surface area contributed by atoms with Gasteiger partial charge in [-0.3, -0.25) is 0 Å². The number of rotatable bonds is 2. The molecule has 0 amide bonds. The number of nitrogens with one attached hydrogen (secondary N) is 1. The Hall–Kier alpha value is -1.12. The number of halogens is 1. The lowest BCUT2D eigenvalue weighted by molar-refractivity contribution is -0.0972. The molecule has 108 valence electrons. The molecule has 1 aromatic heterocycles. The Morgan fingerprint density at radius 1 is 1.15 bits per heavy atom. The molecule has 1 heterocycles. The van der Waals surface area contributed by atoms with Gasteiger partial charge >= 0.3 is 0 Å². The zero-order chi connectivity index (χ0) is 14.0. The van der Waals surface area contributed by atoms with Gasteiger partial charge in [0.2, 0.25) is 5.95 Å². The van der Waals surface area contributed by atoms with Crippen molar-refractivity contribution in [3.05, 3.63) is 24.3 Å². The smallest absolute Gasteiger partial charge is 0.214 e. The number of nitrogens with zero attached hydrogens (tertiary/aromatic N) is 1. The first-order valence-corrected chi connectivity index (χ1v) is 7.78. The lowest BCUT2D eigenvalue weighted by Gasteiger charge is -2.65. The fourth-order valence-electron chi connectivity index (χ4n) is 6.37. The van der Waals surface area contributed by atoms with Gasteiger partial charge in [0.25, 0.3) is 0 Å². The van der Waals surface area contributed by atoms with E-state index < -0.39 is 5.95 Å². The highest BCUT2D eigenvalue weighted by Crippen LogP contribution is 2.66. The van der Waals surface area contributed by atoms with Crippen LogP contribution in [0.15, 0.2) is 18.3 Å². The van der Waals surface area contributed by atoms with E-state index >= 15 is 0 Å². The number of hydrogen-bond acceptors (Lipinski definition) is 2. The van der Waals surface area contributed by atoms with Gasteiger partial charge in [0.1, 0.15) is 0 Å². The molecule has 4 bridgehead atoms. The summed E-state index contributed by atoms with van der Waals surface area (Å²) in [6.45, 7) is 4.92. The highest BCUT2D eigenvalue weighted by molar-refractivity contribution is 5.45. The zero-order valence-electron chi connectivity index (χ0n) is 12.4. The average Bonchev–Trinajstić information content (AvgIpc) is 2.22. The Labute approximate surface area is 120 Å². The summed E-state index contributed by atoms with van der Waals surface area (Å²) in [4.78, 5) is 3.65. The van der Waals surface area contributed by atoms with Crippen LogP contribution >= 0.6 is 0 Å². The molecular weight excluding hydrogens is 251 g/mol. The van der Waals surface area contributed by atoms with Gasteiger partial charge in [-0.25, -0.2) is 4.98 Å². The predicted octanol–water partition coefficient (Wildman–Crippen LogP) is 4.38. The average molecular weight is 274 g/mol. The van der Waals surface area contributed by atoms with Crippen LogP contribution in [0.5, 0.6) is 0 Å². The molecule has 4 saturated carbocycles. The Kier molecular flexibility index (Phi) is 2.36. The maximum atomic E-state index is 13.3. The third kappa shape index (κ3) is 1.94. The molecular formula is C17H23FN2. The lowest BCUT2D eigenvalue weighted by Crippen LogP contribution is -2.61. The Morgan fingerprint density at radius 3 is 2.45 bits per heavy atom. The van der Waals surface area contributed by atoms with Crippen LogP contribution in [0.1, 0.15) is 52.4 Å². The van der Waals surface area contributed by atoms with Gasteiger partial charge < -0.3 is 5.32 Å². The van der Waals surface area contributed by atoms with Crippen molar-refractivity contribution in [2.45, 2.75) is 57.9 Å². The van der Waals surface area contributed by atoms with Crippen LogP contribution in [0.4, 0.5) is 10.1 Å². The molecule has 1 aromatic rings. The van der Waals surface area contributed by atoms with Crippen LogP contribution in [-0.4, -0.2) is 10.5 Å². The number of aromatic nitrogens is 1. The van der Waals surface area contributed by atoms with E-state index in [1.54, 1.807) is 6.20 Å². The van der Waals surface area contributed by atoms with Gasteiger partial charge in [0, 0.05) is 23.5 Å². The van der Waals surface area contributed by atoms with Crippen LogP contribution in [0.3, 0.4) is 0 Å². The van der Waals surface area contributed by atoms with E-state index in [1.807, 2.05) is 6.07 Å². The van der Waals surface area contributed by atoms with Crippen molar-refractivity contribution in [2.75, 3.05) is 5.32 Å². The summed E-state index contributed by atoms with van der Waals surface area (Å²) in [5, 5.41) is 3.70. The van der Waals surface area contributed by atoms with Crippen molar-refractivity contribution in [2.24, 2.45) is 16.7 Å². The molecule has 3 heteroatoms. The summed E-state index contributed by atoms with van der Waals surface area (Å²) in [6, 6.07) is 3.43. The molecule has 4 fully saturated rings. The first kappa shape index (κ1) is 12.6. The Bertz CT molecular complexity index is 538. The predicted molar refractivity (Wildman–Crippen MR) is 78.0 cm³/mol. The van der Waals surface area contributed by atoms with E-state index in [-0.39, 0.29) is 5.54 Å². The molecule has 4 aliphatic carbocycles. The normalized spacial score (nSPS) is 45.6. The van der Waals surface area contributed by atoms with Crippen LogP contribution in [0.2, 0.25) is 0 Å². The monoisotopic (exact) mass is 274 g/mol. The Morgan fingerprint density at radius 2 is 1.85 bits per heavy atom. The summed E-state index contributed by atoms with van der Waals surface area (Å²) < 4.78 is 13.3. The van der Waals surface area contributed by atoms with Crippen LogP contribution in [0, 0.1) is 22.7 Å². The highest BCUT2D eigenvalue weighted by atomic mass is 19.1. The molecule has 1 N–H and O–H groups in total. The van der Waals surface area contributed by atoms with Gasteiger partial charge in [-0.2, -0.15) is 4.39 Å². The molecule has 0 spiro atoms. The van der Waals surface area contributed by atoms with Crippen LogP contribution < -0.4 is 5.32 Å². The molecule has 2 unspecified atom stereocenters. The molecule has 0 saturated heterocycles. The summed E-state index contributed by atoms with van der Waals surface area (Å²) in [5.41, 5.74) is 2.03. The molecule has 2 atom stereocenters. The van der Waals surface area contributed by atoms with E-state index in [2.05, 4.69) is 24.1 Å². The molecule has 0 aliphatic heterocycles. The molecule has 4 aliphatic rings. The van der Waals surface area contributed by atoms with E-state index in [0.717, 1.165) is 11.6 Å². The summed E-state index contributed by atoms with van der Waals surface area (Å²) in [7, 11) is 0. The van der Waals surface area contributed by atoms with Gasteiger partial charge in [0.05, 0.1) is 0 Å². The molecule has 0 radical (unpaired) electrons. The fourth-order valence-corrected chi connectivity index (χ4v) is 6.37. The topological polar surface area (TPSA) is 24.9 Å². The maximum absolute atomic E-state index is 13.3. The summed E-state index contributed by atoms with van der Waals surface area (Å²) >= 11 is 0. The maximum Gasteiger partial charge on any atom is 0.214 e. The van der Waals surface area contributed by atoms with Crippen LogP contribution in [-0.2, 0) is 0 Å². The van der Waals surface area contributed by atoms with Crippen molar-refractivity contribution in [1.29, 1.82) is 0 Å². The minimum absolute atomic E-state index is 0.177. The van der Waals surface area contributed by atoms with Crippen molar-refractivity contribution in [1.82, 2.24) is 4.98 Å². The van der Waals surface area contributed by atoms with Crippen LogP contribution in [0.25, 0.3) is 0 Å². The Balaban J connectivity index is 1.67. The van der Waals surface area contributed by atoms with Gasteiger partial charge in [0.15, 0.2) is 0 Å². The standard InChI is InChI=1S/C17H23FN2/c1-15-6-12-7-16(2,9-15)11-17(8-12,10-15)20-13-3-4-19-14(18)5-13/h3-5,12H,6-11H2,1-2H3,(H,19,20). The quantitative estimate of drug-likeness (QED) is 0.809. The minimum Gasteiger partial charge on any atom is -0.379 e. The lowest BCUT2D eigenvalue weighted by atomic mass is 9.43. The molecule has 2 nitrogen and oxygen atoms in total. The first-order chi connectivity index (χ1) is 9.38. The first-order valence-electron chi connectivity index (χ1n) is 7.78. The number of anilines is 1. The van der Waals surface area contributed by atoms with Crippen molar-refractivity contribution in [3.8, 4) is 0 Å². The van der Waals surface area contributed by atoms with Crippen molar-refractivity contribution >= 4 is 5.69 Å². The fraction of sp³-hybridized carbons (Fsp3) is 0.706. The van der Waals surface area contributed by atoms with Gasteiger partial charge in [-0.1, -0.05) is 13.8 Å². The second-order valence-electron chi connectivity index (χ2n) is 8.40. The zero-order valence-corrected chi connectivity index (χ0v) is 12.4. The number of hydrogen-bond donors (Lipinski definition) is 1. The van der Waals surface area contributed by atoms with Gasteiger partial charge in [-0.15, -0.1) is 0 Å². The van der Waals surface area contributed by atoms with Gasteiger partial charge in [-0.05, 0) is 61.3 Å². The summed E-state index contributed by atoms with van der Waals surface area (Å²) in [6.07, 6.45) is 9.41. The van der Waals surface area contributed by atoms with E-state index in [1.165, 1.54) is 44.6 Å². The van der Waals surface area contributed by atoms with Crippen molar-refractivity contribution < 1.29 is 4.39 Å². The molecule has 0 aromatic carbocycles. The molecule has 20 heavy (non-hydrogen) atoms. The SMILES string of the molecule is CC12CC3CC(C)(C1)CC(Nc1ccnc(F)c1)(C3)C2. The third-order valence-corrected chi connectivity index (χ3v) is 5.76. The third-order valence-electron chi connectivity index (χ3n) is 5.76. The molecule has 5 rings (SSSR count). The largest absolute Gasteiger partial charge is 0.379 e. The number of pyridine rings is 1. The highest BCUT2D eigenvalue weighted by Gasteiger charge is 2.60. The second kappa shape index (κ2) is 3.75. The van der Waals surface area contributed by atoms with E-state index in [9.17, 15) is 4.39 Å². The summed E-state index contributed by atoms with van der Waals surface area (Å²) in [5.74, 6) is 0.456.